The average Bonchev–Trinajstić information content (AvgIpc) is 3.18. The summed E-state index contributed by atoms with van der Waals surface area (Å²) in [6.45, 7) is 6.29. The fourth-order valence-corrected chi connectivity index (χ4v) is 3.85. The first-order valence-electron chi connectivity index (χ1n) is 9.98. The van der Waals surface area contributed by atoms with Gasteiger partial charge in [-0.05, 0) is 37.1 Å². The molecular formula is C21H28FN3O5S. The van der Waals surface area contributed by atoms with Gasteiger partial charge in [0, 0.05) is 24.6 Å². The van der Waals surface area contributed by atoms with Gasteiger partial charge in [0.15, 0.2) is 6.29 Å². The number of benzene rings is 1. The first-order valence-corrected chi connectivity index (χ1v) is 11.8. The molecule has 1 aliphatic rings. The minimum atomic E-state index is -3.63. The molecule has 0 aliphatic carbocycles. The number of anilines is 1. The second-order valence-electron chi connectivity index (χ2n) is 8.17. The van der Waals surface area contributed by atoms with Crippen LogP contribution in [0.4, 0.5) is 10.3 Å². The van der Waals surface area contributed by atoms with Crippen molar-refractivity contribution in [2.45, 2.75) is 45.0 Å². The Kier molecular flexibility index (Phi) is 6.66. The van der Waals surface area contributed by atoms with Crippen molar-refractivity contribution in [1.82, 2.24) is 9.97 Å². The molecule has 1 unspecified atom stereocenters. The molecule has 170 valence electrons. The summed E-state index contributed by atoms with van der Waals surface area (Å²) in [6.07, 6.45) is 0.599. The van der Waals surface area contributed by atoms with E-state index in [1.54, 1.807) is 6.92 Å². The lowest BCUT2D eigenvalue weighted by molar-refractivity contribution is -0.0993. The van der Waals surface area contributed by atoms with E-state index in [1.165, 1.54) is 31.3 Å². The fraction of sp³-hybridized carbons (Fsp3) is 0.524. The maximum Gasteiger partial charge on any atom is 0.239 e. The van der Waals surface area contributed by atoms with Gasteiger partial charge < -0.3 is 14.6 Å². The van der Waals surface area contributed by atoms with Crippen LogP contribution in [0.25, 0.3) is 11.3 Å². The largest absolute Gasteiger partial charge is 0.385 e. The van der Waals surface area contributed by atoms with Gasteiger partial charge in [0.1, 0.15) is 5.82 Å². The van der Waals surface area contributed by atoms with Gasteiger partial charge in [-0.2, -0.15) is 0 Å². The number of ether oxygens (including phenoxy) is 2. The Morgan fingerprint density at radius 3 is 2.32 bits per heavy atom. The number of aliphatic hydroxyl groups is 1. The normalized spacial score (nSPS) is 17.2. The van der Waals surface area contributed by atoms with Gasteiger partial charge in [0.25, 0.3) is 0 Å². The Bertz CT molecular complexity index is 1040. The number of hydrogen-bond donors (Lipinski definition) is 1. The van der Waals surface area contributed by atoms with Gasteiger partial charge in [-0.1, -0.05) is 13.8 Å². The minimum Gasteiger partial charge on any atom is -0.385 e. The summed E-state index contributed by atoms with van der Waals surface area (Å²) in [5.41, 5.74) is 0.312. The van der Waals surface area contributed by atoms with E-state index in [9.17, 15) is 17.9 Å². The third-order valence-corrected chi connectivity index (χ3v) is 6.32. The van der Waals surface area contributed by atoms with Gasteiger partial charge >= 0.3 is 0 Å². The molecule has 0 radical (unpaired) electrons. The monoisotopic (exact) mass is 453 g/mol. The number of aromatic nitrogens is 2. The molecule has 10 heteroatoms. The van der Waals surface area contributed by atoms with E-state index in [1.807, 2.05) is 13.8 Å². The number of halogens is 1. The van der Waals surface area contributed by atoms with Crippen LogP contribution in [0.3, 0.4) is 0 Å². The molecule has 1 fully saturated rings. The lowest BCUT2D eigenvalue weighted by Crippen LogP contribution is -2.33. The van der Waals surface area contributed by atoms with Gasteiger partial charge in [-0.3, -0.25) is 0 Å². The Morgan fingerprint density at radius 2 is 1.81 bits per heavy atom. The van der Waals surface area contributed by atoms with E-state index in [4.69, 9.17) is 9.47 Å². The molecule has 1 aromatic heterocycles. The predicted octanol–water partition coefficient (Wildman–Crippen LogP) is 2.77. The van der Waals surface area contributed by atoms with Crippen molar-refractivity contribution in [2.75, 3.05) is 30.8 Å². The van der Waals surface area contributed by atoms with E-state index in [-0.39, 0.29) is 18.3 Å². The Labute approximate surface area is 182 Å². The van der Waals surface area contributed by atoms with Crippen LogP contribution in [0.2, 0.25) is 0 Å². The van der Waals surface area contributed by atoms with Crippen LogP contribution in [-0.4, -0.2) is 56.3 Å². The van der Waals surface area contributed by atoms with Crippen LogP contribution in [0, 0.1) is 5.82 Å². The van der Waals surface area contributed by atoms with Crippen molar-refractivity contribution in [2.24, 2.45) is 0 Å². The molecule has 8 nitrogen and oxygen atoms in total. The highest BCUT2D eigenvalue weighted by atomic mass is 32.2. The standard InChI is InChI=1S/C21H28FN3O5S/c1-13(2)18-17(21(3,26)12-16-29-10-11-30-16)19(14-6-8-15(22)9-7-14)24-20(23-18)25(4)31(5,27)28/h6-9,13,16,26H,10-12H2,1-5H3. The van der Waals surface area contributed by atoms with E-state index in [0.717, 1.165) is 10.6 Å². The van der Waals surface area contributed by atoms with E-state index in [2.05, 4.69) is 9.97 Å². The van der Waals surface area contributed by atoms with Crippen LogP contribution in [-0.2, 0) is 25.1 Å². The summed E-state index contributed by atoms with van der Waals surface area (Å²) in [5.74, 6) is -0.615. The highest BCUT2D eigenvalue weighted by molar-refractivity contribution is 7.92. The molecule has 31 heavy (non-hydrogen) atoms. The molecule has 0 saturated carbocycles. The van der Waals surface area contributed by atoms with Crippen LogP contribution >= 0.6 is 0 Å². The lowest BCUT2D eigenvalue weighted by atomic mass is 9.84. The molecule has 1 saturated heterocycles. The zero-order valence-corrected chi connectivity index (χ0v) is 19.1. The van der Waals surface area contributed by atoms with Crippen molar-refractivity contribution in [3.8, 4) is 11.3 Å². The van der Waals surface area contributed by atoms with Crippen LogP contribution in [0.15, 0.2) is 24.3 Å². The SMILES string of the molecule is CC(C)c1nc(N(C)S(C)(=O)=O)nc(-c2ccc(F)cc2)c1C(C)(O)CC1OCCO1. The molecule has 3 rings (SSSR count). The molecular weight excluding hydrogens is 425 g/mol. The molecule has 1 atom stereocenters. The van der Waals surface area contributed by atoms with Gasteiger partial charge in [-0.25, -0.2) is 27.1 Å². The van der Waals surface area contributed by atoms with Crippen LogP contribution in [0.5, 0.6) is 0 Å². The Hall–Kier alpha value is -2.14. The van der Waals surface area contributed by atoms with E-state index in [0.29, 0.717) is 35.7 Å². The first-order chi connectivity index (χ1) is 14.4. The van der Waals surface area contributed by atoms with Crippen molar-refractivity contribution >= 4 is 16.0 Å². The molecule has 2 heterocycles. The summed E-state index contributed by atoms with van der Waals surface area (Å²) < 4.78 is 49.9. The van der Waals surface area contributed by atoms with E-state index < -0.39 is 27.7 Å². The number of nitrogens with zero attached hydrogens (tertiary/aromatic N) is 3. The van der Waals surface area contributed by atoms with Crippen molar-refractivity contribution in [1.29, 1.82) is 0 Å². The number of rotatable bonds is 7. The molecule has 0 amide bonds. The Balaban J connectivity index is 2.26. The predicted molar refractivity (Wildman–Crippen MR) is 115 cm³/mol. The maximum atomic E-state index is 13.6. The zero-order chi connectivity index (χ0) is 23.0. The summed E-state index contributed by atoms with van der Waals surface area (Å²) in [6, 6.07) is 5.64. The topological polar surface area (TPSA) is 102 Å². The molecule has 2 aromatic rings. The number of hydrogen-bond acceptors (Lipinski definition) is 7. The molecule has 1 aliphatic heterocycles. The van der Waals surface area contributed by atoms with Crippen LogP contribution < -0.4 is 4.31 Å². The number of sulfonamides is 1. The quantitative estimate of drug-likeness (QED) is 0.688. The molecule has 1 N–H and O–H groups in total. The molecule has 1 aromatic carbocycles. The highest BCUT2D eigenvalue weighted by Gasteiger charge is 2.37. The van der Waals surface area contributed by atoms with Crippen molar-refractivity contribution < 1.29 is 27.4 Å². The third-order valence-electron chi connectivity index (χ3n) is 5.16. The average molecular weight is 454 g/mol. The second-order valence-corrected chi connectivity index (χ2v) is 10.2. The Morgan fingerprint density at radius 1 is 1.23 bits per heavy atom. The highest BCUT2D eigenvalue weighted by Crippen LogP contribution is 2.40. The maximum absolute atomic E-state index is 13.6. The second kappa shape index (κ2) is 8.78. The summed E-state index contributed by atoms with van der Waals surface area (Å²) in [7, 11) is -2.26. The van der Waals surface area contributed by atoms with E-state index >= 15 is 0 Å². The summed E-state index contributed by atoms with van der Waals surface area (Å²) in [5, 5.41) is 11.5. The summed E-state index contributed by atoms with van der Waals surface area (Å²) in [4.78, 5) is 9.00. The smallest absolute Gasteiger partial charge is 0.239 e. The van der Waals surface area contributed by atoms with Crippen molar-refractivity contribution in [3.63, 3.8) is 0 Å². The van der Waals surface area contributed by atoms with Gasteiger partial charge in [-0.15, -0.1) is 0 Å². The van der Waals surface area contributed by atoms with Crippen LogP contribution in [0.1, 0.15) is 44.4 Å². The van der Waals surface area contributed by atoms with Gasteiger partial charge in [0.05, 0.1) is 36.5 Å². The fourth-order valence-electron chi connectivity index (χ4n) is 3.47. The zero-order valence-electron chi connectivity index (χ0n) is 18.3. The van der Waals surface area contributed by atoms with Crippen molar-refractivity contribution in [3.05, 3.63) is 41.3 Å². The first kappa shape index (κ1) is 23.5. The third kappa shape index (κ3) is 5.20. The molecule has 0 bridgehead atoms. The molecule has 0 spiro atoms. The van der Waals surface area contributed by atoms with Gasteiger partial charge in [0.2, 0.25) is 16.0 Å². The lowest BCUT2D eigenvalue weighted by Gasteiger charge is -2.31. The minimum absolute atomic E-state index is 0.0292. The summed E-state index contributed by atoms with van der Waals surface area (Å²) >= 11 is 0.